The van der Waals surface area contributed by atoms with Crippen LogP contribution in [-0.4, -0.2) is 69.8 Å². The van der Waals surface area contributed by atoms with Crippen molar-refractivity contribution in [3.05, 3.63) is 52.6 Å². The molecular formula is C29H36F3N3O3. The summed E-state index contributed by atoms with van der Waals surface area (Å²) in [6, 6.07) is 8.11. The minimum absolute atomic E-state index is 0.0394. The van der Waals surface area contributed by atoms with Gasteiger partial charge in [-0.15, -0.1) is 0 Å². The third kappa shape index (κ3) is 5.78. The van der Waals surface area contributed by atoms with Crippen LogP contribution in [-0.2, 0) is 23.8 Å². The molecule has 1 N–H and O–H groups in total. The van der Waals surface area contributed by atoms with Crippen molar-refractivity contribution in [1.82, 2.24) is 4.90 Å². The number of Topliss-reactive ketones (excluding diaryl/α,β-unsaturated/α-hetero) is 1. The van der Waals surface area contributed by atoms with Gasteiger partial charge in [0.1, 0.15) is 5.75 Å². The maximum atomic E-state index is 13.8. The van der Waals surface area contributed by atoms with Crippen LogP contribution in [0.25, 0.3) is 0 Å². The Kier molecular flexibility index (Phi) is 7.60. The lowest BCUT2D eigenvalue weighted by atomic mass is 9.94. The summed E-state index contributed by atoms with van der Waals surface area (Å²) in [5.74, 6) is 0.186. The van der Waals surface area contributed by atoms with Crippen LogP contribution < -0.4 is 15.0 Å². The second-order valence-electron chi connectivity index (χ2n) is 10.9. The fourth-order valence-electron chi connectivity index (χ4n) is 5.93. The maximum Gasteiger partial charge on any atom is 0.416 e. The Bertz CT molecular complexity index is 1180. The number of carbonyl (C=O) groups excluding carboxylic acids is 1. The molecule has 206 valence electrons. The Morgan fingerprint density at radius 3 is 2.55 bits per heavy atom. The molecule has 0 aromatic heterocycles. The first-order valence-corrected chi connectivity index (χ1v) is 13.4. The molecular weight excluding hydrogens is 495 g/mol. The number of alkyl halides is 3. The van der Waals surface area contributed by atoms with E-state index in [1.807, 2.05) is 13.0 Å². The van der Waals surface area contributed by atoms with Gasteiger partial charge in [0.05, 0.1) is 31.1 Å². The molecule has 0 amide bonds. The zero-order chi connectivity index (χ0) is 27.0. The summed E-state index contributed by atoms with van der Waals surface area (Å²) in [7, 11) is 3.64. The highest BCUT2D eigenvalue weighted by Gasteiger charge is 2.35. The minimum atomic E-state index is -4.46. The highest BCUT2D eigenvalue weighted by molar-refractivity contribution is 6.03. The number of nitrogens with zero attached hydrogens (tertiary/aromatic N) is 2. The van der Waals surface area contributed by atoms with Gasteiger partial charge < -0.3 is 24.6 Å². The van der Waals surface area contributed by atoms with Crippen molar-refractivity contribution in [3.8, 4) is 5.75 Å². The second-order valence-corrected chi connectivity index (χ2v) is 10.9. The molecule has 2 saturated heterocycles. The van der Waals surface area contributed by atoms with Gasteiger partial charge in [0.25, 0.3) is 0 Å². The van der Waals surface area contributed by atoms with E-state index in [0.717, 1.165) is 50.3 Å². The number of likely N-dealkylation sites (tertiary alicyclic amines) is 1. The normalized spacial score (nSPS) is 23.0. The van der Waals surface area contributed by atoms with Gasteiger partial charge in [0, 0.05) is 36.3 Å². The van der Waals surface area contributed by atoms with Gasteiger partial charge in [-0.2, -0.15) is 13.2 Å². The van der Waals surface area contributed by atoms with E-state index in [4.69, 9.17) is 9.47 Å². The van der Waals surface area contributed by atoms with E-state index in [-0.39, 0.29) is 24.3 Å². The molecule has 0 radical (unpaired) electrons. The summed E-state index contributed by atoms with van der Waals surface area (Å²) in [6.45, 7) is 5.92. The van der Waals surface area contributed by atoms with Crippen molar-refractivity contribution >= 4 is 17.2 Å². The quantitative estimate of drug-likeness (QED) is 0.564. The Morgan fingerprint density at radius 2 is 1.87 bits per heavy atom. The molecule has 2 aromatic rings. The van der Waals surface area contributed by atoms with Crippen LogP contribution in [0.3, 0.4) is 0 Å². The average molecular weight is 532 g/mol. The Hall–Kier alpha value is -2.78. The molecule has 0 spiro atoms. The second kappa shape index (κ2) is 10.8. The molecule has 0 bridgehead atoms. The Morgan fingerprint density at radius 1 is 1.11 bits per heavy atom. The molecule has 1 aliphatic carbocycles. The predicted molar refractivity (Wildman–Crippen MR) is 141 cm³/mol. The number of rotatable bonds is 6. The van der Waals surface area contributed by atoms with E-state index in [1.165, 1.54) is 12.1 Å². The van der Waals surface area contributed by atoms with Crippen molar-refractivity contribution in [1.29, 1.82) is 0 Å². The number of carbonyl (C=O) groups is 1. The number of anilines is 2. The predicted octanol–water partition coefficient (Wildman–Crippen LogP) is 5.04. The minimum Gasteiger partial charge on any atom is -0.495 e. The maximum absolute atomic E-state index is 13.8. The third-order valence-electron chi connectivity index (χ3n) is 7.98. The number of benzene rings is 2. The first kappa shape index (κ1) is 26.8. The summed E-state index contributed by atoms with van der Waals surface area (Å²) in [5, 5.41) is 3.33. The van der Waals surface area contributed by atoms with E-state index in [9.17, 15) is 18.0 Å². The third-order valence-corrected chi connectivity index (χ3v) is 7.98. The van der Waals surface area contributed by atoms with Crippen molar-refractivity contribution < 1.29 is 27.4 Å². The van der Waals surface area contributed by atoms with E-state index >= 15 is 0 Å². The molecule has 38 heavy (non-hydrogen) atoms. The van der Waals surface area contributed by atoms with E-state index in [0.29, 0.717) is 35.6 Å². The zero-order valence-corrected chi connectivity index (χ0v) is 22.2. The number of hydrogen-bond acceptors (Lipinski definition) is 6. The summed E-state index contributed by atoms with van der Waals surface area (Å²) < 4.78 is 52.7. The van der Waals surface area contributed by atoms with Crippen LogP contribution in [0.1, 0.15) is 46.8 Å². The summed E-state index contributed by atoms with van der Waals surface area (Å²) >= 11 is 0. The number of fused-ring (bicyclic) bond motifs is 1. The fraction of sp³-hybridized carbons (Fsp3) is 0.552. The molecule has 0 saturated carbocycles. The number of morpholine rings is 1. The van der Waals surface area contributed by atoms with Crippen LogP contribution in [0.5, 0.6) is 5.75 Å². The van der Waals surface area contributed by atoms with E-state index < -0.39 is 17.7 Å². The lowest BCUT2D eigenvalue weighted by Gasteiger charge is -2.34. The molecule has 9 heteroatoms. The molecule has 5 rings (SSSR count). The summed E-state index contributed by atoms with van der Waals surface area (Å²) in [4.78, 5) is 17.8. The lowest BCUT2D eigenvalue weighted by Crippen LogP contribution is -2.41. The van der Waals surface area contributed by atoms with Crippen LogP contribution >= 0.6 is 0 Å². The molecule has 2 aliphatic heterocycles. The van der Waals surface area contributed by atoms with Gasteiger partial charge in [-0.1, -0.05) is 0 Å². The van der Waals surface area contributed by atoms with Crippen molar-refractivity contribution in [2.75, 3.05) is 57.2 Å². The molecule has 1 unspecified atom stereocenters. The smallest absolute Gasteiger partial charge is 0.416 e. The standard InChI is InChI=1S/C29H36F3N3O3/c1-18-17-35(8-9-38-18)26-14-20-13-21(28(36)25(20)16-27(26)37-3)10-19-11-22(29(30,31)32)15-24(12-19)33-23-4-6-34(2)7-5-23/h11-12,14-16,18,21,23,33H,4-10,13,17H2,1-3H3/t18-,21?/m0/s1. The number of ketones is 1. The van der Waals surface area contributed by atoms with Crippen molar-refractivity contribution in [2.24, 2.45) is 5.92 Å². The van der Waals surface area contributed by atoms with Gasteiger partial charge in [-0.3, -0.25) is 4.79 Å². The fourth-order valence-corrected chi connectivity index (χ4v) is 5.93. The first-order valence-electron chi connectivity index (χ1n) is 13.4. The van der Waals surface area contributed by atoms with Gasteiger partial charge in [0.2, 0.25) is 0 Å². The number of methoxy groups -OCH3 is 1. The highest BCUT2D eigenvalue weighted by atomic mass is 19.4. The molecule has 2 heterocycles. The largest absolute Gasteiger partial charge is 0.495 e. The SMILES string of the molecule is COc1cc2c(cc1N1CCO[C@@H](C)C1)CC(Cc1cc(NC3CCN(C)CC3)cc(C(F)(F)F)c1)C2=O. The number of nitrogens with one attached hydrogen (secondary N) is 1. The van der Waals surface area contributed by atoms with Crippen LogP contribution in [0, 0.1) is 5.92 Å². The van der Waals surface area contributed by atoms with Crippen LogP contribution in [0.2, 0.25) is 0 Å². The van der Waals surface area contributed by atoms with Gasteiger partial charge >= 0.3 is 6.18 Å². The number of piperidine rings is 1. The molecule has 6 nitrogen and oxygen atoms in total. The van der Waals surface area contributed by atoms with Gasteiger partial charge in [-0.25, -0.2) is 0 Å². The Labute approximate surface area is 222 Å². The molecule has 2 aromatic carbocycles. The van der Waals surface area contributed by atoms with Crippen molar-refractivity contribution in [3.63, 3.8) is 0 Å². The zero-order valence-electron chi connectivity index (χ0n) is 22.2. The highest BCUT2D eigenvalue weighted by Crippen LogP contribution is 2.40. The Balaban J connectivity index is 1.37. The molecule has 2 fully saturated rings. The van der Waals surface area contributed by atoms with Gasteiger partial charge in [-0.05, 0) is 94.2 Å². The monoisotopic (exact) mass is 531 g/mol. The van der Waals surface area contributed by atoms with E-state index in [2.05, 4.69) is 22.2 Å². The summed E-state index contributed by atoms with van der Waals surface area (Å²) in [6.07, 6.45) is -1.85. The van der Waals surface area contributed by atoms with Crippen LogP contribution in [0.4, 0.5) is 24.5 Å². The van der Waals surface area contributed by atoms with E-state index in [1.54, 1.807) is 19.2 Å². The average Bonchev–Trinajstić information content (AvgIpc) is 3.18. The topological polar surface area (TPSA) is 54.0 Å². The molecule has 2 atom stereocenters. The molecule has 3 aliphatic rings. The number of hydrogen-bond donors (Lipinski definition) is 1. The summed E-state index contributed by atoms with van der Waals surface area (Å²) in [5.41, 5.74) is 2.77. The number of halogens is 3. The lowest BCUT2D eigenvalue weighted by molar-refractivity contribution is -0.137. The van der Waals surface area contributed by atoms with Gasteiger partial charge in [0.15, 0.2) is 5.78 Å². The van der Waals surface area contributed by atoms with Crippen molar-refractivity contribution in [2.45, 2.75) is 50.9 Å². The number of ether oxygens (including phenoxy) is 2. The first-order chi connectivity index (χ1) is 18.1. The van der Waals surface area contributed by atoms with Crippen LogP contribution in [0.15, 0.2) is 30.3 Å².